The van der Waals surface area contributed by atoms with Gasteiger partial charge < -0.3 is 20.1 Å². The quantitative estimate of drug-likeness (QED) is 0.565. The van der Waals surface area contributed by atoms with Crippen LogP contribution in [-0.2, 0) is 30.8 Å². The maximum absolute atomic E-state index is 12.7. The number of sulfonamides is 1. The van der Waals surface area contributed by atoms with Crippen LogP contribution in [0.2, 0.25) is 0 Å². The van der Waals surface area contributed by atoms with Gasteiger partial charge in [-0.15, -0.1) is 11.3 Å². The number of carbonyl (C=O) groups is 2. The highest BCUT2D eigenvalue weighted by atomic mass is 32.2. The highest BCUT2D eigenvalue weighted by molar-refractivity contribution is 7.91. The van der Waals surface area contributed by atoms with E-state index in [0.29, 0.717) is 6.42 Å². The molecule has 1 aromatic heterocycles. The number of benzene rings is 1. The zero-order valence-electron chi connectivity index (χ0n) is 16.4. The van der Waals surface area contributed by atoms with Crippen LogP contribution in [0.5, 0.6) is 5.75 Å². The number of thiophene rings is 1. The van der Waals surface area contributed by atoms with Crippen LogP contribution >= 0.6 is 11.3 Å². The summed E-state index contributed by atoms with van der Waals surface area (Å²) < 4.78 is 37.2. The van der Waals surface area contributed by atoms with Gasteiger partial charge in [-0.3, -0.25) is 9.59 Å². The lowest BCUT2D eigenvalue weighted by Gasteiger charge is -2.22. The van der Waals surface area contributed by atoms with E-state index in [0.717, 1.165) is 22.6 Å². The second-order valence-electron chi connectivity index (χ2n) is 6.44. The van der Waals surface area contributed by atoms with E-state index in [-0.39, 0.29) is 30.5 Å². The van der Waals surface area contributed by atoms with Crippen LogP contribution < -0.4 is 15.4 Å². The molecule has 1 atom stereocenters. The summed E-state index contributed by atoms with van der Waals surface area (Å²) in [6.45, 7) is 0.584. The fourth-order valence-electron chi connectivity index (χ4n) is 2.92. The standard InChI is InChI=1S/C19H23N3O6S2/c1-27-15-6-4-14(5-7-15)8-9-20-18(23)19(24)21-13-16-22(10-11-28-16)30(25,26)17-3-2-12-29-17/h2-7,12,16H,8-11,13H2,1H3,(H,20,23)(H,21,24)/t16-/m1/s1. The number of methoxy groups -OCH3 is 1. The summed E-state index contributed by atoms with van der Waals surface area (Å²) in [4.78, 5) is 24.0. The maximum atomic E-state index is 12.7. The molecule has 9 nitrogen and oxygen atoms in total. The first-order chi connectivity index (χ1) is 14.4. The molecule has 2 aromatic rings. The Bertz CT molecular complexity index is 961. The number of hydrogen-bond donors (Lipinski definition) is 2. The molecule has 2 N–H and O–H groups in total. The van der Waals surface area contributed by atoms with Gasteiger partial charge in [-0.05, 0) is 35.6 Å². The summed E-state index contributed by atoms with van der Waals surface area (Å²) in [5, 5.41) is 6.66. The van der Waals surface area contributed by atoms with E-state index in [1.807, 2.05) is 24.3 Å². The van der Waals surface area contributed by atoms with Crippen LogP contribution in [-0.4, -0.2) is 64.1 Å². The maximum Gasteiger partial charge on any atom is 0.309 e. The molecule has 11 heteroatoms. The Hall–Kier alpha value is -2.47. The van der Waals surface area contributed by atoms with Gasteiger partial charge in [-0.1, -0.05) is 18.2 Å². The molecule has 2 amide bonds. The molecule has 1 aliphatic heterocycles. The number of nitrogens with zero attached hydrogens (tertiary/aromatic N) is 1. The number of amides is 2. The summed E-state index contributed by atoms with van der Waals surface area (Å²) in [5.41, 5.74) is 0.991. The zero-order chi connectivity index (χ0) is 21.6. The van der Waals surface area contributed by atoms with E-state index in [2.05, 4.69) is 10.6 Å². The number of ether oxygens (including phenoxy) is 2. The second-order valence-corrected chi connectivity index (χ2v) is 9.50. The van der Waals surface area contributed by atoms with Gasteiger partial charge in [0.15, 0.2) is 0 Å². The molecular weight excluding hydrogens is 430 g/mol. The second kappa shape index (κ2) is 10.0. The molecule has 1 aliphatic rings. The van der Waals surface area contributed by atoms with Gasteiger partial charge in [0.2, 0.25) is 0 Å². The Labute approximate surface area is 179 Å². The van der Waals surface area contributed by atoms with Crippen molar-refractivity contribution in [1.29, 1.82) is 0 Å². The van der Waals surface area contributed by atoms with Crippen molar-refractivity contribution in [1.82, 2.24) is 14.9 Å². The van der Waals surface area contributed by atoms with Crippen LogP contribution in [0.3, 0.4) is 0 Å². The Morgan fingerprint density at radius 1 is 1.20 bits per heavy atom. The Balaban J connectivity index is 1.45. The molecule has 2 heterocycles. The summed E-state index contributed by atoms with van der Waals surface area (Å²) in [7, 11) is -2.11. The van der Waals surface area contributed by atoms with Crippen LogP contribution in [0.15, 0.2) is 46.0 Å². The Morgan fingerprint density at radius 3 is 2.60 bits per heavy atom. The molecule has 0 saturated carbocycles. The van der Waals surface area contributed by atoms with Crippen LogP contribution in [0, 0.1) is 0 Å². The average Bonchev–Trinajstić information content (AvgIpc) is 3.45. The van der Waals surface area contributed by atoms with Crippen molar-refractivity contribution in [2.45, 2.75) is 16.9 Å². The largest absolute Gasteiger partial charge is 0.497 e. The molecular formula is C19H23N3O6S2. The Kier molecular flexibility index (Phi) is 7.43. The smallest absolute Gasteiger partial charge is 0.309 e. The van der Waals surface area contributed by atoms with Gasteiger partial charge in [-0.2, -0.15) is 4.31 Å². The molecule has 1 aromatic carbocycles. The average molecular weight is 454 g/mol. The molecule has 162 valence electrons. The predicted molar refractivity (Wildman–Crippen MR) is 111 cm³/mol. The first-order valence-corrected chi connectivity index (χ1v) is 11.6. The lowest BCUT2D eigenvalue weighted by molar-refractivity contribution is -0.139. The third-order valence-corrected chi connectivity index (χ3v) is 7.76. The van der Waals surface area contributed by atoms with Gasteiger partial charge in [0.05, 0.1) is 20.3 Å². The summed E-state index contributed by atoms with van der Waals surface area (Å²) in [6, 6.07) is 10.6. The third-order valence-electron chi connectivity index (χ3n) is 4.50. The van der Waals surface area contributed by atoms with Crippen molar-refractivity contribution in [3.8, 4) is 5.75 Å². The van der Waals surface area contributed by atoms with E-state index in [1.54, 1.807) is 18.6 Å². The van der Waals surface area contributed by atoms with Crippen molar-refractivity contribution in [2.24, 2.45) is 0 Å². The van der Waals surface area contributed by atoms with Crippen molar-refractivity contribution < 1.29 is 27.5 Å². The van der Waals surface area contributed by atoms with E-state index < -0.39 is 28.1 Å². The number of nitrogens with one attached hydrogen (secondary N) is 2. The van der Waals surface area contributed by atoms with Crippen LogP contribution in [0.4, 0.5) is 0 Å². The molecule has 0 bridgehead atoms. The van der Waals surface area contributed by atoms with Gasteiger partial charge in [0.25, 0.3) is 10.0 Å². The summed E-state index contributed by atoms with van der Waals surface area (Å²) in [5.74, 6) is -0.880. The molecule has 1 fully saturated rings. The predicted octanol–water partition coefficient (Wildman–Crippen LogP) is 0.579. The minimum atomic E-state index is -3.70. The normalized spacial score (nSPS) is 16.9. The van der Waals surface area contributed by atoms with Crippen molar-refractivity contribution in [2.75, 3.05) is 33.4 Å². The molecule has 0 spiro atoms. The van der Waals surface area contributed by atoms with Crippen molar-refractivity contribution in [3.05, 3.63) is 47.3 Å². The number of hydrogen-bond acceptors (Lipinski definition) is 7. The van der Waals surface area contributed by atoms with Gasteiger partial charge >= 0.3 is 11.8 Å². The van der Waals surface area contributed by atoms with Crippen molar-refractivity contribution in [3.63, 3.8) is 0 Å². The SMILES string of the molecule is COc1ccc(CCNC(=O)C(=O)NC[C@H]2OCCN2S(=O)(=O)c2cccs2)cc1. The molecule has 0 aliphatic carbocycles. The topological polar surface area (TPSA) is 114 Å². The summed E-state index contributed by atoms with van der Waals surface area (Å²) >= 11 is 1.11. The van der Waals surface area contributed by atoms with Crippen LogP contribution in [0.25, 0.3) is 0 Å². The fraction of sp³-hybridized carbons (Fsp3) is 0.368. The van der Waals surface area contributed by atoms with Gasteiger partial charge in [0.1, 0.15) is 16.2 Å². The molecule has 0 radical (unpaired) electrons. The third kappa shape index (κ3) is 5.36. The van der Waals surface area contributed by atoms with Crippen LogP contribution in [0.1, 0.15) is 5.56 Å². The Morgan fingerprint density at radius 2 is 1.93 bits per heavy atom. The number of carbonyl (C=O) groups excluding carboxylic acids is 2. The van der Waals surface area contributed by atoms with Gasteiger partial charge in [0, 0.05) is 13.1 Å². The van der Waals surface area contributed by atoms with E-state index in [4.69, 9.17) is 9.47 Å². The van der Waals surface area contributed by atoms with Gasteiger partial charge in [-0.25, -0.2) is 8.42 Å². The first kappa shape index (κ1) is 22.2. The highest BCUT2D eigenvalue weighted by Crippen LogP contribution is 2.25. The van der Waals surface area contributed by atoms with Crippen molar-refractivity contribution >= 4 is 33.2 Å². The zero-order valence-corrected chi connectivity index (χ0v) is 18.0. The first-order valence-electron chi connectivity index (χ1n) is 9.27. The lowest BCUT2D eigenvalue weighted by Crippen LogP contribution is -2.47. The van der Waals surface area contributed by atoms with E-state index >= 15 is 0 Å². The molecule has 3 rings (SSSR count). The lowest BCUT2D eigenvalue weighted by atomic mass is 10.1. The molecule has 0 unspecified atom stereocenters. The van der Waals surface area contributed by atoms with E-state index in [9.17, 15) is 18.0 Å². The minimum Gasteiger partial charge on any atom is -0.497 e. The fourth-order valence-corrected chi connectivity index (χ4v) is 5.55. The monoisotopic (exact) mass is 453 g/mol. The number of rotatable bonds is 8. The summed E-state index contributed by atoms with van der Waals surface area (Å²) in [6.07, 6.45) is -0.296. The van der Waals surface area contributed by atoms with E-state index in [1.165, 1.54) is 10.4 Å². The highest BCUT2D eigenvalue weighted by Gasteiger charge is 2.37. The molecule has 30 heavy (non-hydrogen) atoms. The minimum absolute atomic E-state index is 0.116. The molecule has 1 saturated heterocycles.